The molecular weight excluding hydrogens is 801 g/mol. The van der Waals surface area contributed by atoms with E-state index in [4.69, 9.17) is 13.2 Å². The summed E-state index contributed by atoms with van der Waals surface area (Å²) in [6.45, 7) is 23.5. The first kappa shape index (κ1) is 32.7. The third-order valence-electron chi connectivity index (χ3n) is 13.9. The SMILES string of the molecule is [2H]c1c([2H])c([2H])c(-c2c(C)c(C)c(C)c(-c3c([2H])c([2H])c([2H])c([2H])c3[2H])c2N2CN(c3cc(C(C)(C)C)cc(C(C)(C)c4ccc5c6ccccc6n(-c6cc(C(C)(C)C)ccn6)c5c4)c3)c3ccccc32)c([2H])c1[2H]. The number of fused-ring (bicyclic) bond motifs is 4. The number of aromatic nitrogens is 2. The normalized spacial score (nSPS) is 15.4. The first-order valence-electron chi connectivity index (χ1n) is 27.8. The van der Waals surface area contributed by atoms with Crippen molar-refractivity contribution in [1.29, 1.82) is 0 Å². The molecule has 0 radical (unpaired) electrons. The van der Waals surface area contributed by atoms with Crippen LogP contribution in [-0.4, -0.2) is 16.2 Å². The topological polar surface area (TPSA) is 24.3 Å². The van der Waals surface area contributed by atoms with Crippen LogP contribution < -0.4 is 9.80 Å². The van der Waals surface area contributed by atoms with Crippen molar-refractivity contribution in [3.05, 3.63) is 203 Å². The van der Waals surface area contributed by atoms with Gasteiger partial charge < -0.3 is 9.80 Å². The van der Waals surface area contributed by atoms with E-state index >= 15 is 0 Å². The van der Waals surface area contributed by atoms with Gasteiger partial charge in [0.1, 0.15) is 12.5 Å². The van der Waals surface area contributed by atoms with Crippen molar-refractivity contribution in [3.8, 4) is 28.1 Å². The zero-order chi connectivity index (χ0) is 55.0. The van der Waals surface area contributed by atoms with Crippen LogP contribution in [0, 0.1) is 20.8 Å². The lowest BCUT2D eigenvalue weighted by Crippen LogP contribution is -2.27. The van der Waals surface area contributed by atoms with Crippen LogP contribution in [0.4, 0.5) is 22.7 Å². The molecule has 0 aliphatic carbocycles. The van der Waals surface area contributed by atoms with E-state index in [9.17, 15) is 5.48 Å². The van der Waals surface area contributed by atoms with Crippen molar-refractivity contribution in [2.75, 3.05) is 16.5 Å². The highest BCUT2D eigenvalue weighted by Gasteiger charge is 2.35. The Balaban J connectivity index is 1.21. The Morgan fingerprint density at radius 3 is 1.68 bits per heavy atom. The number of hydrogen-bond acceptors (Lipinski definition) is 3. The number of pyridine rings is 1. The Kier molecular flexibility index (Phi) is 7.88. The van der Waals surface area contributed by atoms with Gasteiger partial charge in [-0.15, -0.1) is 0 Å². The van der Waals surface area contributed by atoms with Gasteiger partial charge in [-0.2, -0.15) is 0 Å². The van der Waals surface area contributed by atoms with Gasteiger partial charge in [0.15, 0.2) is 0 Å². The molecule has 0 N–H and O–H groups in total. The smallest absolute Gasteiger partial charge is 0.137 e. The Bertz CT molecular complexity index is 3760. The molecule has 0 bridgehead atoms. The van der Waals surface area contributed by atoms with Crippen molar-refractivity contribution in [1.82, 2.24) is 9.55 Å². The molecule has 0 atom stereocenters. The average molecular weight is 873 g/mol. The molecule has 1 aliphatic heterocycles. The summed E-state index contributed by atoms with van der Waals surface area (Å²) in [4.78, 5) is 9.18. The van der Waals surface area contributed by atoms with Crippen LogP contribution in [0.3, 0.4) is 0 Å². The summed E-state index contributed by atoms with van der Waals surface area (Å²) in [6.07, 6.45) is 1.90. The van der Waals surface area contributed by atoms with E-state index in [1.807, 2.05) is 56.1 Å². The fourth-order valence-corrected chi connectivity index (χ4v) is 9.74. The van der Waals surface area contributed by atoms with Crippen LogP contribution in [0.5, 0.6) is 0 Å². The first-order valence-corrected chi connectivity index (χ1v) is 22.8. The molecule has 0 unspecified atom stereocenters. The third-order valence-corrected chi connectivity index (χ3v) is 13.9. The highest BCUT2D eigenvalue weighted by Crippen LogP contribution is 2.53. The molecule has 0 saturated carbocycles. The number of benzene rings is 7. The maximum absolute atomic E-state index is 9.37. The van der Waals surface area contributed by atoms with Gasteiger partial charge in [0, 0.05) is 39.2 Å². The maximum Gasteiger partial charge on any atom is 0.137 e. The summed E-state index contributed by atoms with van der Waals surface area (Å²) < 4.78 is 92.2. The molecule has 0 spiro atoms. The number of hydrogen-bond donors (Lipinski definition) is 0. The summed E-state index contributed by atoms with van der Waals surface area (Å²) in [5.41, 5.74) is 11.0. The van der Waals surface area contributed by atoms with E-state index in [1.165, 1.54) is 5.56 Å². The number of rotatable bonds is 7. The molecule has 9 aromatic rings. The molecule has 330 valence electrons. The van der Waals surface area contributed by atoms with E-state index in [2.05, 4.69) is 138 Å². The molecule has 4 heteroatoms. The molecule has 0 saturated heterocycles. The van der Waals surface area contributed by atoms with E-state index in [0.29, 0.717) is 33.5 Å². The highest BCUT2D eigenvalue weighted by atomic mass is 15.4. The second-order valence-corrected chi connectivity index (χ2v) is 20.3. The van der Waals surface area contributed by atoms with Crippen LogP contribution >= 0.6 is 0 Å². The fraction of sp³-hybridized carbons (Fsp3) is 0.242. The summed E-state index contributed by atoms with van der Waals surface area (Å²) >= 11 is 0. The molecule has 3 heterocycles. The molecule has 0 fully saturated rings. The van der Waals surface area contributed by atoms with Crippen LogP contribution in [0.2, 0.25) is 0 Å². The Hall–Kier alpha value is -6.91. The summed E-state index contributed by atoms with van der Waals surface area (Å²) in [5, 5.41) is 2.27. The highest BCUT2D eigenvalue weighted by molar-refractivity contribution is 6.09. The molecule has 7 aromatic carbocycles. The Morgan fingerprint density at radius 1 is 0.500 bits per heavy atom. The van der Waals surface area contributed by atoms with Gasteiger partial charge in [0.2, 0.25) is 0 Å². The molecule has 1 aliphatic rings. The van der Waals surface area contributed by atoms with Gasteiger partial charge in [0.25, 0.3) is 0 Å². The van der Waals surface area contributed by atoms with Crippen molar-refractivity contribution in [2.45, 2.75) is 92.4 Å². The molecule has 66 heavy (non-hydrogen) atoms. The van der Waals surface area contributed by atoms with Gasteiger partial charge in [0.05, 0.1) is 41.8 Å². The maximum atomic E-state index is 9.37. The lowest BCUT2D eigenvalue weighted by Gasteiger charge is -2.33. The van der Waals surface area contributed by atoms with Crippen molar-refractivity contribution in [2.24, 2.45) is 0 Å². The monoisotopic (exact) mass is 873 g/mol. The number of para-hydroxylation sites is 3. The second-order valence-electron chi connectivity index (χ2n) is 20.3. The van der Waals surface area contributed by atoms with Gasteiger partial charge in [-0.1, -0.05) is 164 Å². The summed E-state index contributed by atoms with van der Waals surface area (Å²) in [7, 11) is 0. The summed E-state index contributed by atoms with van der Waals surface area (Å²) in [6, 6.07) is 29.4. The molecule has 10 rings (SSSR count). The minimum Gasteiger partial charge on any atom is -0.321 e. The number of nitrogens with zero attached hydrogens (tertiary/aromatic N) is 4. The minimum absolute atomic E-state index is 0.0430. The van der Waals surface area contributed by atoms with Crippen LogP contribution in [0.1, 0.15) is 108 Å². The second kappa shape index (κ2) is 15.9. The molecule has 4 nitrogen and oxygen atoms in total. The van der Waals surface area contributed by atoms with E-state index in [-0.39, 0.29) is 28.6 Å². The zero-order valence-electron chi connectivity index (χ0n) is 49.8. The van der Waals surface area contributed by atoms with Gasteiger partial charge >= 0.3 is 0 Å². The lowest BCUT2D eigenvalue weighted by atomic mass is 9.75. The van der Waals surface area contributed by atoms with E-state index in [1.54, 1.807) is 0 Å². The van der Waals surface area contributed by atoms with E-state index in [0.717, 1.165) is 61.4 Å². The van der Waals surface area contributed by atoms with Crippen molar-refractivity contribution < 1.29 is 13.7 Å². The molecule has 2 aromatic heterocycles. The Morgan fingerprint density at radius 2 is 1.06 bits per heavy atom. The minimum atomic E-state index is -0.557. The predicted octanol–water partition coefficient (Wildman–Crippen LogP) is 16.6. The van der Waals surface area contributed by atoms with Crippen LogP contribution in [0.25, 0.3) is 49.9 Å². The van der Waals surface area contributed by atoms with Crippen molar-refractivity contribution in [3.63, 3.8) is 0 Å². The van der Waals surface area contributed by atoms with Gasteiger partial charge in [-0.25, -0.2) is 4.98 Å². The predicted molar refractivity (Wildman–Crippen MR) is 282 cm³/mol. The largest absolute Gasteiger partial charge is 0.321 e. The molecular formula is C62H62N4. The first-order chi connectivity index (χ1) is 35.7. The third kappa shape index (κ3) is 7.19. The lowest BCUT2D eigenvalue weighted by molar-refractivity contribution is 0.582. The zero-order valence-corrected chi connectivity index (χ0v) is 39.8. The molecule has 0 amide bonds. The van der Waals surface area contributed by atoms with Gasteiger partial charge in [-0.05, 0) is 130 Å². The number of anilines is 4. The van der Waals surface area contributed by atoms with Gasteiger partial charge in [-0.3, -0.25) is 4.57 Å². The quantitative estimate of drug-likeness (QED) is 0.159. The van der Waals surface area contributed by atoms with Crippen LogP contribution in [0.15, 0.2) is 164 Å². The van der Waals surface area contributed by atoms with E-state index < -0.39 is 65.8 Å². The average Bonchev–Trinajstić information content (AvgIpc) is 3.98. The van der Waals surface area contributed by atoms with Crippen molar-refractivity contribution >= 4 is 44.6 Å². The standard InChI is InChI=1S/C62H62N4/c1-40-41(2)57(43-22-14-12-15-23-43)59(58(42(40)3)44-24-16-13-17-25-44)65-39-64(53-28-20-21-29-54(53)65)49-35-47(61(7,8)9)34-48(36-49)62(10,11)46-30-31-51-50-26-18-19-27-52(50)66(55(51)37-46)56-38-45(32-33-63-56)60(4,5)6/h12-38H,39H2,1-11H3/i12D,13D,14D,15D,16D,17D,22D,23D,24D,25D. The Labute approximate surface area is 406 Å². The fourth-order valence-electron chi connectivity index (χ4n) is 9.74. The van der Waals surface area contributed by atoms with Crippen LogP contribution in [-0.2, 0) is 16.2 Å². The summed E-state index contributed by atoms with van der Waals surface area (Å²) in [5.74, 6) is 0.853.